The number of aliphatic hydroxyl groups is 1. The number of halogens is 5. The Bertz CT molecular complexity index is 728. The molecule has 8 heteroatoms. The Morgan fingerprint density at radius 3 is 2.25 bits per heavy atom. The summed E-state index contributed by atoms with van der Waals surface area (Å²) in [6.45, 7) is -0.346. The highest BCUT2D eigenvalue weighted by molar-refractivity contribution is 5.94. The van der Waals surface area contributed by atoms with Crippen molar-refractivity contribution in [1.29, 1.82) is 0 Å². The quantitative estimate of drug-likeness (QED) is 0.834. The molecule has 2 aromatic carbocycles. The molecule has 0 spiro atoms. The van der Waals surface area contributed by atoms with Gasteiger partial charge in [0.05, 0.1) is 17.2 Å². The molecular formula is C16H12F5NO2. The predicted molar refractivity (Wildman–Crippen MR) is 75.1 cm³/mol. The summed E-state index contributed by atoms with van der Waals surface area (Å²) in [5.74, 6) is -2.77. The van der Waals surface area contributed by atoms with Crippen LogP contribution in [0.15, 0.2) is 42.5 Å². The molecule has 0 heterocycles. The lowest BCUT2D eigenvalue weighted by Gasteiger charge is -2.14. The monoisotopic (exact) mass is 345 g/mol. The number of rotatable bonds is 4. The van der Waals surface area contributed by atoms with E-state index in [-0.39, 0.29) is 12.1 Å². The molecule has 0 saturated carbocycles. The van der Waals surface area contributed by atoms with Crippen LogP contribution in [0.2, 0.25) is 0 Å². The maximum Gasteiger partial charge on any atom is 0.416 e. The van der Waals surface area contributed by atoms with E-state index in [2.05, 4.69) is 5.32 Å². The first-order valence-corrected chi connectivity index (χ1v) is 6.77. The molecular weight excluding hydrogens is 333 g/mol. The van der Waals surface area contributed by atoms with Crippen molar-refractivity contribution in [1.82, 2.24) is 5.32 Å². The summed E-state index contributed by atoms with van der Waals surface area (Å²) in [5, 5.41) is 12.1. The minimum atomic E-state index is -4.49. The molecule has 0 saturated heterocycles. The van der Waals surface area contributed by atoms with Crippen LogP contribution in [0.5, 0.6) is 0 Å². The first-order valence-electron chi connectivity index (χ1n) is 6.77. The second-order valence-electron chi connectivity index (χ2n) is 4.97. The lowest BCUT2D eigenvalue weighted by molar-refractivity contribution is -0.137. The molecule has 0 radical (unpaired) electrons. The van der Waals surface area contributed by atoms with Crippen molar-refractivity contribution in [2.45, 2.75) is 12.3 Å². The summed E-state index contributed by atoms with van der Waals surface area (Å²) >= 11 is 0. The number of nitrogens with one attached hydrogen (secondary N) is 1. The van der Waals surface area contributed by atoms with E-state index in [1.165, 1.54) is 0 Å². The Morgan fingerprint density at radius 2 is 1.71 bits per heavy atom. The highest BCUT2D eigenvalue weighted by atomic mass is 19.4. The zero-order chi connectivity index (χ0) is 17.9. The van der Waals surface area contributed by atoms with Gasteiger partial charge in [0.1, 0.15) is 11.6 Å². The number of amides is 1. The summed E-state index contributed by atoms with van der Waals surface area (Å²) in [6, 6.07) is 6.17. The molecule has 0 unspecified atom stereocenters. The van der Waals surface area contributed by atoms with Crippen LogP contribution >= 0.6 is 0 Å². The van der Waals surface area contributed by atoms with Crippen LogP contribution < -0.4 is 5.32 Å². The maximum atomic E-state index is 13.4. The number of carbonyl (C=O) groups excluding carboxylic acids is 1. The molecule has 1 amide bonds. The predicted octanol–water partition coefficient (Wildman–Crippen LogP) is 3.45. The molecule has 1 atom stereocenters. The van der Waals surface area contributed by atoms with E-state index in [9.17, 15) is 31.9 Å². The largest absolute Gasteiger partial charge is 0.416 e. The van der Waals surface area contributed by atoms with E-state index >= 15 is 0 Å². The van der Waals surface area contributed by atoms with E-state index < -0.39 is 40.9 Å². The summed E-state index contributed by atoms with van der Waals surface area (Å²) in [5.41, 5.74) is -1.12. The van der Waals surface area contributed by atoms with Crippen molar-refractivity contribution in [2.24, 2.45) is 0 Å². The van der Waals surface area contributed by atoms with Gasteiger partial charge in [0.15, 0.2) is 0 Å². The van der Waals surface area contributed by atoms with Gasteiger partial charge in [0, 0.05) is 12.6 Å². The van der Waals surface area contributed by atoms with Gasteiger partial charge in [0.25, 0.3) is 5.91 Å². The number of carbonyl (C=O) groups is 1. The minimum Gasteiger partial charge on any atom is -0.387 e. The van der Waals surface area contributed by atoms with Crippen molar-refractivity contribution >= 4 is 5.91 Å². The first-order chi connectivity index (χ1) is 11.2. The van der Waals surface area contributed by atoms with Crippen LogP contribution in [0.25, 0.3) is 0 Å². The van der Waals surface area contributed by atoms with Gasteiger partial charge >= 0.3 is 6.18 Å². The fourth-order valence-electron chi connectivity index (χ4n) is 1.97. The molecule has 0 aliphatic carbocycles. The summed E-state index contributed by atoms with van der Waals surface area (Å²) in [4.78, 5) is 11.8. The molecule has 3 nitrogen and oxygen atoms in total. The average Bonchev–Trinajstić information content (AvgIpc) is 2.51. The van der Waals surface area contributed by atoms with Gasteiger partial charge in [-0.2, -0.15) is 13.2 Å². The van der Waals surface area contributed by atoms with Crippen LogP contribution in [0, 0.1) is 11.6 Å². The van der Waals surface area contributed by atoms with E-state index in [0.717, 1.165) is 36.4 Å². The molecule has 2 N–H and O–H groups in total. The van der Waals surface area contributed by atoms with Crippen molar-refractivity contribution in [3.05, 3.63) is 70.8 Å². The Balaban J connectivity index is 1.99. The van der Waals surface area contributed by atoms with Crippen LogP contribution in [0.1, 0.15) is 27.6 Å². The van der Waals surface area contributed by atoms with Crippen molar-refractivity contribution < 1.29 is 31.9 Å². The van der Waals surface area contributed by atoms with E-state index in [1.54, 1.807) is 0 Å². The van der Waals surface area contributed by atoms with Crippen molar-refractivity contribution in [3.63, 3.8) is 0 Å². The number of hydrogen-bond acceptors (Lipinski definition) is 2. The van der Waals surface area contributed by atoms with Crippen LogP contribution in [0.4, 0.5) is 22.0 Å². The van der Waals surface area contributed by atoms with Crippen LogP contribution in [0.3, 0.4) is 0 Å². The third-order valence-corrected chi connectivity index (χ3v) is 3.25. The molecule has 2 rings (SSSR count). The Labute approximate surface area is 133 Å². The molecule has 0 aliphatic heterocycles. The first kappa shape index (κ1) is 17.9. The van der Waals surface area contributed by atoms with E-state index in [1.807, 2.05) is 0 Å². The standard InChI is InChI=1S/C16H12F5NO2/c17-11-5-6-12(13(18)7-11)15(24)22-8-14(23)9-1-3-10(4-2-9)16(19,20)21/h1-7,14,23H,8H2,(H,22,24)/t14-/m1/s1. The lowest BCUT2D eigenvalue weighted by Crippen LogP contribution is -2.29. The van der Waals surface area contributed by atoms with E-state index in [0.29, 0.717) is 6.07 Å². The summed E-state index contributed by atoms with van der Waals surface area (Å²) in [6.07, 6.45) is -5.77. The highest BCUT2D eigenvalue weighted by Crippen LogP contribution is 2.29. The molecule has 0 fully saturated rings. The molecule has 2 aromatic rings. The van der Waals surface area contributed by atoms with Crippen LogP contribution in [-0.2, 0) is 6.18 Å². The Kier molecular flexibility index (Phi) is 5.18. The van der Waals surface area contributed by atoms with Crippen molar-refractivity contribution in [3.8, 4) is 0 Å². The third kappa shape index (κ3) is 4.29. The Hall–Kier alpha value is -2.48. The smallest absolute Gasteiger partial charge is 0.387 e. The molecule has 128 valence electrons. The highest BCUT2D eigenvalue weighted by Gasteiger charge is 2.30. The van der Waals surface area contributed by atoms with Gasteiger partial charge in [0.2, 0.25) is 0 Å². The fourth-order valence-corrected chi connectivity index (χ4v) is 1.97. The van der Waals surface area contributed by atoms with Gasteiger partial charge in [-0.15, -0.1) is 0 Å². The number of alkyl halides is 3. The molecule has 0 aromatic heterocycles. The average molecular weight is 345 g/mol. The number of benzene rings is 2. The summed E-state index contributed by atoms with van der Waals surface area (Å²) < 4.78 is 63.5. The van der Waals surface area contributed by atoms with Gasteiger partial charge in [-0.05, 0) is 29.8 Å². The van der Waals surface area contributed by atoms with Gasteiger partial charge in [-0.3, -0.25) is 4.79 Å². The van der Waals surface area contributed by atoms with Crippen molar-refractivity contribution in [2.75, 3.05) is 6.54 Å². The zero-order valence-electron chi connectivity index (χ0n) is 12.1. The molecule has 0 bridgehead atoms. The van der Waals surface area contributed by atoms with Gasteiger partial charge < -0.3 is 10.4 Å². The molecule has 24 heavy (non-hydrogen) atoms. The van der Waals surface area contributed by atoms with Gasteiger partial charge in [-0.25, -0.2) is 8.78 Å². The second-order valence-corrected chi connectivity index (χ2v) is 4.97. The number of hydrogen-bond donors (Lipinski definition) is 2. The normalized spacial score (nSPS) is 12.8. The Morgan fingerprint density at radius 1 is 1.08 bits per heavy atom. The maximum absolute atomic E-state index is 13.4. The van der Waals surface area contributed by atoms with Gasteiger partial charge in [-0.1, -0.05) is 12.1 Å². The topological polar surface area (TPSA) is 49.3 Å². The second kappa shape index (κ2) is 6.96. The fraction of sp³-hybridized carbons (Fsp3) is 0.188. The zero-order valence-corrected chi connectivity index (χ0v) is 12.1. The summed E-state index contributed by atoms with van der Waals surface area (Å²) in [7, 11) is 0. The number of aliphatic hydroxyl groups excluding tert-OH is 1. The SMILES string of the molecule is O=C(NC[C@@H](O)c1ccc(C(F)(F)F)cc1)c1ccc(F)cc1F. The van der Waals surface area contributed by atoms with E-state index in [4.69, 9.17) is 0 Å². The molecule has 0 aliphatic rings. The van der Waals surface area contributed by atoms with Crippen LogP contribution in [-0.4, -0.2) is 17.6 Å². The lowest BCUT2D eigenvalue weighted by atomic mass is 10.1. The third-order valence-electron chi connectivity index (χ3n) is 3.25. The minimum absolute atomic E-state index is 0.155.